The van der Waals surface area contributed by atoms with Crippen LogP contribution in [0.25, 0.3) is 16.7 Å². The summed E-state index contributed by atoms with van der Waals surface area (Å²) in [6, 6.07) is 12.7. The number of esters is 1. The number of ether oxygens (including phenoxy) is 2. The Morgan fingerprint density at radius 3 is 2.45 bits per heavy atom. The van der Waals surface area contributed by atoms with Crippen LogP contribution in [-0.4, -0.2) is 42.6 Å². The highest BCUT2D eigenvalue weighted by Crippen LogP contribution is 2.32. The van der Waals surface area contributed by atoms with Crippen LogP contribution in [0.15, 0.2) is 79.4 Å². The second-order valence-corrected chi connectivity index (χ2v) is 10.7. The van der Waals surface area contributed by atoms with Crippen molar-refractivity contribution in [3.63, 3.8) is 0 Å². The maximum absolute atomic E-state index is 11.9. The minimum absolute atomic E-state index is 0.0866. The van der Waals surface area contributed by atoms with E-state index in [0.717, 1.165) is 40.7 Å². The van der Waals surface area contributed by atoms with Gasteiger partial charge in [0.05, 0.1) is 13.2 Å². The fourth-order valence-corrected chi connectivity index (χ4v) is 4.66. The van der Waals surface area contributed by atoms with Crippen molar-refractivity contribution in [2.24, 2.45) is 5.92 Å². The zero-order chi connectivity index (χ0) is 30.7. The van der Waals surface area contributed by atoms with Gasteiger partial charge in [-0.1, -0.05) is 94.8 Å². The molecule has 0 aliphatic carbocycles. The molecular formula is C37H50O5. The highest BCUT2D eigenvalue weighted by Gasteiger charge is 2.13. The van der Waals surface area contributed by atoms with Crippen molar-refractivity contribution in [1.29, 1.82) is 0 Å². The van der Waals surface area contributed by atoms with E-state index in [1.54, 1.807) is 6.92 Å². The SMILES string of the molecule is C=C/C=C(\C=C/CCCCCC)c1ccc(-c2ccc(OCCC(CO)CO)c(CCOC(=O)C(=C)C)c2)c(CC)c1. The first-order valence-electron chi connectivity index (χ1n) is 15.3. The molecule has 0 bridgehead atoms. The first kappa shape index (κ1) is 34.8. The highest BCUT2D eigenvalue weighted by molar-refractivity contribution is 5.87. The summed E-state index contributed by atoms with van der Waals surface area (Å²) in [5.41, 5.74) is 7.05. The van der Waals surface area contributed by atoms with E-state index in [1.807, 2.05) is 12.1 Å². The maximum atomic E-state index is 11.9. The lowest BCUT2D eigenvalue weighted by Gasteiger charge is -2.17. The molecule has 5 heteroatoms. The number of unbranched alkanes of at least 4 members (excludes halogenated alkanes) is 4. The summed E-state index contributed by atoms with van der Waals surface area (Å²) >= 11 is 0. The molecule has 0 radical (unpaired) electrons. The zero-order valence-electron chi connectivity index (χ0n) is 25.9. The predicted octanol–water partition coefficient (Wildman–Crippen LogP) is 8.04. The van der Waals surface area contributed by atoms with Crippen molar-refractivity contribution in [1.82, 2.24) is 0 Å². The molecule has 0 atom stereocenters. The molecular weight excluding hydrogens is 524 g/mol. The van der Waals surface area contributed by atoms with Crippen LogP contribution in [0.5, 0.6) is 5.75 Å². The van der Waals surface area contributed by atoms with Crippen molar-refractivity contribution in [2.75, 3.05) is 26.4 Å². The van der Waals surface area contributed by atoms with Crippen LogP contribution >= 0.6 is 0 Å². The first-order chi connectivity index (χ1) is 20.4. The number of benzene rings is 2. The molecule has 0 spiro atoms. The van der Waals surface area contributed by atoms with Gasteiger partial charge in [-0.15, -0.1) is 0 Å². The third-order valence-corrected chi connectivity index (χ3v) is 7.26. The molecule has 0 unspecified atom stereocenters. The molecule has 2 rings (SSSR count). The maximum Gasteiger partial charge on any atom is 0.333 e. The van der Waals surface area contributed by atoms with Gasteiger partial charge in [0, 0.05) is 31.1 Å². The van der Waals surface area contributed by atoms with Gasteiger partial charge in [-0.05, 0) is 78.1 Å². The van der Waals surface area contributed by atoms with E-state index >= 15 is 0 Å². The van der Waals surface area contributed by atoms with E-state index in [2.05, 4.69) is 75.6 Å². The molecule has 0 aromatic heterocycles. The molecule has 2 aromatic rings. The largest absolute Gasteiger partial charge is 0.493 e. The summed E-state index contributed by atoms with van der Waals surface area (Å²) in [7, 11) is 0. The Hall–Kier alpha value is -3.41. The van der Waals surface area contributed by atoms with E-state index in [4.69, 9.17) is 9.47 Å². The van der Waals surface area contributed by atoms with Crippen LogP contribution in [0, 0.1) is 5.92 Å². The number of hydrogen-bond acceptors (Lipinski definition) is 5. The summed E-state index contributed by atoms with van der Waals surface area (Å²) in [5.74, 6) is 0.0742. The lowest BCUT2D eigenvalue weighted by Crippen LogP contribution is -2.15. The number of aliphatic hydroxyl groups excluding tert-OH is 2. The lowest BCUT2D eigenvalue weighted by atomic mass is 9.92. The van der Waals surface area contributed by atoms with Gasteiger partial charge in [-0.25, -0.2) is 4.79 Å². The minimum atomic E-state index is -0.412. The fraction of sp³-hybridized carbons (Fsp3) is 0.432. The summed E-state index contributed by atoms with van der Waals surface area (Å²) in [6.45, 7) is 14.0. The third kappa shape index (κ3) is 11.5. The summed E-state index contributed by atoms with van der Waals surface area (Å²) in [5, 5.41) is 18.8. The molecule has 0 heterocycles. The number of allylic oxidation sites excluding steroid dienone is 5. The number of carbonyl (C=O) groups is 1. The standard InChI is InChI=1S/C37H50O5/c1-6-9-10-11-12-13-15-31(14-7-2)32-16-18-35(30(8-3)24-32)33-17-19-36(41-22-20-29(26-38)27-39)34(25-33)21-23-42-37(40)28(4)5/h7,13-19,24-25,29,38-39H,2,4,6,8-12,20-23,26-27H2,1,3,5H3/b15-13-,31-14+. The average molecular weight is 575 g/mol. The molecule has 5 nitrogen and oxygen atoms in total. The van der Waals surface area contributed by atoms with Crippen LogP contribution in [0.3, 0.4) is 0 Å². The zero-order valence-corrected chi connectivity index (χ0v) is 25.9. The smallest absolute Gasteiger partial charge is 0.333 e. The topological polar surface area (TPSA) is 76.0 Å². The molecule has 0 saturated heterocycles. The summed E-state index contributed by atoms with van der Waals surface area (Å²) in [4.78, 5) is 11.9. The summed E-state index contributed by atoms with van der Waals surface area (Å²) in [6.07, 6.45) is 16.3. The van der Waals surface area contributed by atoms with Crippen LogP contribution in [0.1, 0.15) is 76.0 Å². The molecule has 0 fully saturated rings. The van der Waals surface area contributed by atoms with Crippen molar-refractivity contribution < 1.29 is 24.5 Å². The van der Waals surface area contributed by atoms with E-state index < -0.39 is 5.97 Å². The van der Waals surface area contributed by atoms with Gasteiger partial charge in [-0.2, -0.15) is 0 Å². The minimum Gasteiger partial charge on any atom is -0.493 e. The molecule has 0 amide bonds. The van der Waals surface area contributed by atoms with E-state index in [-0.39, 0.29) is 25.7 Å². The molecule has 2 N–H and O–H groups in total. The Bertz CT molecular complexity index is 1200. The average Bonchev–Trinajstić information content (AvgIpc) is 3.00. The van der Waals surface area contributed by atoms with Gasteiger partial charge < -0.3 is 19.7 Å². The van der Waals surface area contributed by atoms with Gasteiger partial charge in [0.15, 0.2) is 0 Å². The number of hydrogen-bond donors (Lipinski definition) is 2. The third-order valence-electron chi connectivity index (χ3n) is 7.26. The highest BCUT2D eigenvalue weighted by atomic mass is 16.5. The lowest BCUT2D eigenvalue weighted by molar-refractivity contribution is -0.138. The Balaban J connectivity index is 2.33. The molecule has 228 valence electrons. The van der Waals surface area contributed by atoms with Gasteiger partial charge in [0.2, 0.25) is 0 Å². The predicted molar refractivity (Wildman–Crippen MR) is 175 cm³/mol. The number of rotatable bonds is 20. The van der Waals surface area contributed by atoms with Crippen LogP contribution < -0.4 is 4.74 Å². The van der Waals surface area contributed by atoms with Gasteiger partial charge in [0.25, 0.3) is 0 Å². The Labute approximate surface area is 253 Å². The molecule has 42 heavy (non-hydrogen) atoms. The van der Waals surface area contributed by atoms with Crippen LogP contribution in [0.2, 0.25) is 0 Å². The van der Waals surface area contributed by atoms with Gasteiger partial charge in [0.1, 0.15) is 5.75 Å². The van der Waals surface area contributed by atoms with Gasteiger partial charge >= 0.3 is 5.97 Å². The first-order valence-corrected chi connectivity index (χ1v) is 15.3. The quantitative estimate of drug-likeness (QED) is 0.0724. The Kier molecular flexibility index (Phi) is 16.3. The number of aliphatic hydroxyl groups is 2. The van der Waals surface area contributed by atoms with E-state index in [1.165, 1.54) is 31.2 Å². The van der Waals surface area contributed by atoms with Crippen molar-refractivity contribution >= 4 is 11.5 Å². The van der Waals surface area contributed by atoms with Crippen LogP contribution in [0.4, 0.5) is 0 Å². The second-order valence-electron chi connectivity index (χ2n) is 10.7. The van der Waals surface area contributed by atoms with Crippen molar-refractivity contribution in [2.45, 2.75) is 72.1 Å². The normalized spacial score (nSPS) is 11.7. The summed E-state index contributed by atoms with van der Waals surface area (Å²) < 4.78 is 11.4. The number of aryl methyl sites for hydroxylation is 1. The Morgan fingerprint density at radius 2 is 1.79 bits per heavy atom. The van der Waals surface area contributed by atoms with Crippen LogP contribution in [-0.2, 0) is 22.4 Å². The van der Waals surface area contributed by atoms with Gasteiger partial charge in [-0.3, -0.25) is 0 Å². The van der Waals surface area contributed by atoms with Crippen molar-refractivity contribution in [3.8, 4) is 16.9 Å². The molecule has 2 aromatic carbocycles. The Morgan fingerprint density at radius 1 is 1.00 bits per heavy atom. The molecule has 0 aliphatic heterocycles. The fourth-order valence-electron chi connectivity index (χ4n) is 4.66. The van der Waals surface area contributed by atoms with E-state index in [9.17, 15) is 15.0 Å². The second kappa shape index (κ2) is 19.7. The van der Waals surface area contributed by atoms with Crippen molar-refractivity contribution in [3.05, 3.63) is 96.1 Å². The number of carbonyl (C=O) groups excluding carboxylic acids is 1. The van der Waals surface area contributed by atoms with E-state index in [0.29, 0.717) is 30.8 Å². The molecule has 0 aliphatic rings. The molecule has 0 saturated carbocycles. The monoisotopic (exact) mass is 574 g/mol.